The minimum Gasteiger partial charge on any atom is -0.493 e. The number of aryl methyl sites for hydroxylation is 1. The van der Waals surface area contributed by atoms with Crippen LogP contribution in [0.25, 0.3) is 0 Å². The van der Waals surface area contributed by atoms with E-state index in [1.165, 1.54) is 11.8 Å². The van der Waals surface area contributed by atoms with Gasteiger partial charge in [-0.05, 0) is 36.8 Å². The summed E-state index contributed by atoms with van der Waals surface area (Å²) >= 11 is 5.10. The molecule has 3 rings (SSSR count). The van der Waals surface area contributed by atoms with Crippen LogP contribution in [0, 0.1) is 11.7 Å². The van der Waals surface area contributed by atoms with Gasteiger partial charge in [-0.15, -0.1) is 0 Å². The average Bonchev–Trinajstić information content (AvgIpc) is 2.72. The molecule has 0 fully saturated rings. The third-order valence-electron chi connectivity index (χ3n) is 4.04. The van der Waals surface area contributed by atoms with Crippen LogP contribution < -0.4 is 15.0 Å². The molecule has 0 unspecified atom stereocenters. The predicted octanol–water partition coefficient (Wildman–Crippen LogP) is 3.12. The van der Waals surface area contributed by atoms with E-state index in [0.29, 0.717) is 23.7 Å². The van der Waals surface area contributed by atoms with Crippen LogP contribution in [0.5, 0.6) is 11.5 Å². The summed E-state index contributed by atoms with van der Waals surface area (Å²) in [5, 5.41) is 10.6. The minimum absolute atomic E-state index is 0.112. The maximum Gasteiger partial charge on any atom is 0.296 e. The van der Waals surface area contributed by atoms with Crippen LogP contribution in [-0.4, -0.2) is 34.8 Å². The molecule has 0 amide bonds. The predicted molar refractivity (Wildman–Crippen MR) is 110 cm³/mol. The molecule has 28 heavy (non-hydrogen) atoms. The molecular formula is C20H20N4O3S. The second-order valence-electron chi connectivity index (χ2n) is 5.94. The topological polar surface area (TPSA) is 81.5 Å². The number of ether oxygens (including phenoxy) is 2. The summed E-state index contributed by atoms with van der Waals surface area (Å²) in [6, 6.07) is 15.5. The van der Waals surface area contributed by atoms with E-state index in [0.717, 1.165) is 11.1 Å². The summed E-state index contributed by atoms with van der Waals surface area (Å²) in [5.74, 6) is 1.14. The van der Waals surface area contributed by atoms with Crippen molar-refractivity contribution in [3.63, 3.8) is 0 Å². The number of nitrogens with one attached hydrogen (secondary N) is 1. The number of para-hydroxylation sites is 1. The zero-order valence-corrected chi connectivity index (χ0v) is 16.4. The molecule has 8 heteroatoms. The number of benzene rings is 2. The number of hydrogen-bond donors (Lipinski definition) is 1. The lowest BCUT2D eigenvalue weighted by Crippen LogP contribution is -2.22. The smallest absolute Gasteiger partial charge is 0.296 e. The Morgan fingerprint density at radius 3 is 2.75 bits per heavy atom. The molecule has 0 saturated carbocycles. The van der Waals surface area contributed by atoms with Gasteiger partial charge in [0.25, 0.3) is 5.56 Å². The maximum absolute atomic E-state index is 12.2. The fraction of sp³-hybridized carbons (Fsp3) is 0.200. The van der Waals surface area contributed by atoms with Gasteiger partial charge in [-0.25, -0.2) is 0 Å². The van der Waals surface area contributed by atoms with Gasteiger partial charge < -0.3 is 9.47 Å². The summed E-state index contributed by atoms with van der Waals surface area (Å²) in [5.41, 5.74) is 1.74. The Bertz CT molecular complexity index is 1090. The first kappa shape index (κ1) is 19.5. The van der Waals surface area contributed by atoms with Gasteiger partial charge in [0.05, 0.1) is 19.9 Å². The molecular weight excluding hydrogens is 376 g/mol. The average molecular weight is 396 g/mol. The number of aromatic nitrogens is 3. The number of methoxy groups -OCH3 is 1. The van der Waals surface area contributed by atoms with Gasteiger partial charge >= 0.3 is 0 Å². The van der Waals surface area contributed by atoms with E-state index >= 15 is 0 Å². The van der Waals surface area contributed by atoms with Crippen LogP contribution in [0.1, 0.15) is 16.8 Å². The Balaban J connectivity index is 1.86. The fourth-order valence-electron chi connectivity index (χ4n) is 2.56. The minimum atomic E-state index is -0.380. The van der Waals surface area contributed by atoms with Crippen molar-refractivity contribution in [2.24, 2.45) is 5.10 Å². The van der Waals surface area contributed by atoms with E-state index < -0.39 is 0 Å². The molecule has 1 heterocycles. The van der Waals surface area contributed by atoms with Crippen LogP contribution in [0.4, 0.5) is 0 Å². The lowest BCUT2D eigenvalue weighted by molar-refractivity contribution is 0.297. The molecule has 0 aliphatic rings. The van der Waals surface area contributed by atoms with Gasteiger partial charge in [0.2, 0.25) is 4.77 Å². The number of nitrogens with zero attached hydrogens (tertiary/aromatic N) is 3. The van der Waals surface area contributed by atoms with Crippen molar-refractivity contribution >= 4 is 18.4 Å². The van der Waals surface area contributed by atoms with Crippen molar-refractivity contribution in [2.45, 2.75) is 13.3 Å². The van der Waals surface area contributed by atoms with Gasteiger partial charge in [0, 0.05) is 12.0 Å². The third kappa shape index (κ3) is 4.52. The zero-order chi connectivity index (χ0) is 19.9. The van der Waals surface area contributed by atoms with Gasteiger partial charge in [-0.1, -0.05) is 36.4 Å². The third-order valence-corrected chi connectivity index (χ3v) is 4.30. The zero-order valence-electron chi connectivity index (χ0n) is 15.6. The first-order valence-corrected chi connectivity index (χ1v) is 9.07. The Kier molecular flexibility index (Phi) is 6.33. The van der Waals surface area contributed by atoms with E-state index in [1.54, 1.807) is 14.0 Å². The highest BCUT2D eigenvalue weighted by atomic mass is 32.1. The lowest BCUT2D eigenvalue weighted by atomic mass is 10.1. The molecule has 0 spiro atoms. The Morgan fingerprint density at radius 2 is 2.00 bits per heavy atom. The summed E-state index contributed by atoms with van der Waals surface area (Å²) in [6.07, 6.45) is 2.27. The highest BCUT2D eigenvalue weighted by Crippen LogP contribution is 2.30. The van der Waals surface area contributed by atoms with E-state index in [1.807, 2.05) is 48.5 Å². The van der Waals surface area contributed by atoms with Gasteiger partial charge in [-0.3, -0.25) is 9.89 Å². The van der Waals surface area contributed by atoms with Crippen molar-refractivity contribution in [2.75, 3.05) is 13.7 Å². The Hall–Kier alpha value is -3.26. The number of hydrogen-bond acceptors (Lipinski definition) is 6. The molecule has 0 atom stereocenters. The largest absolute Gasteiger partial charge is 0.493 e. The molecule has 0 bridgehead atoms. The Labute approximate surface area is 167 Å². The van der Waals surface area contributed by atoms with Gasteiger partial charge in [-0.2, -0.15) is 14.9 Å². The van der Waals surface area contributed by atoms with Crippen LogP contribution in [0.2, 0.25) is 0 Å². The highest BCUT2D eigenvalue weighted by Gasteiger charge is 2.10. The van der Waals surface area contributed by atoms with Crippen LogP contribution in [-0.2, 0) is 6.42 Å². The number of rotatable bonds is 7. The van der Waals surface area contributed by atoms with Crippen molar-refractivity contribution in [1.82, 2.24) is 14.9 Å². The molecule has 0 aliphatic heterocycles. The molecule has 0 saturated heterocycles. The highest BCUT2D eigenvalue weighted by molar-refractivity contribution is 7.71. The Morgan fingerprint density at radius 1 is 1.21 bits per heavy atom. The molecule has 2 aromatic carbocycles. The molecule has 7 nitrogen and oxygen atoms in total. The fourth-order valence-corrected chi connectivity index (χ4v) is 2.74. The summed E-state index contributed by atoms with van der Waals surface area (Å²) in [6.45, 7) is 2.06. The summed E-state index contributed by atoms with van der Waals surface area (Å²) in [7, 11) is 1.58. The van der Waals surface area contributed by atoms with E-state index in [9.17, 15) is 4.79 Å². The van der Waals surface area contributed by atoms with Crippen LogP contribution in [0.3, 0.4) is 0 Å². The van der Waals surface area contributed by atoms with Crippen molar-refractivity contribution in [1.29, 1.82) is 0 Å². The number of H-pyrrole nitrogens is 1. The standard InChI is InChI=1S/C20H20N4O3S/c1-14-19(25)24(20(28)23-22-14)21-13-16-9-6-10-17(26-2)18(16)27-12-11-15-7-4-3-5-8-15/h3-10,13H,11-12H2,1-2H3,(H,23,28)/b21-13+. The molecule has 0 aliphatic carbocycles. The van der Waals surface area contributed by atoms with Gasteiger partial charge in [0.1, 0.15) is 5.69 Å². The number of aromatic amines is 1. The summed E-state index contributed by atoms with van der Waals surface area (Å²) < 4.78 is 12.6. The van der Waals surface area contributed by atoms with Crippen molar-refractivity contribution in [3.8, 4) is 11.5 Å². The first-order valence-electron chi connectivity index (χ1n) is 8.66. The maximum atomic E-state index is 12.2. The molecule has 3 aromatic rings. The molecule has 1 N–H and O–H groups in total. The normalized spacial score (nSPS) is 10.9. The second kappa shape index (κ2) is 9.09. The van der Waals surface area contributed by atoms with Crippen molar-refractivity contribution < 1.29 is 9.47 Å². The van der Waals surface area contributed by atoms with Crippen molar-refractivity contribution in [3.05, 3.63) is 80.5 Å². The quantitative estimate of drug-likeness (QED) is 0.490. The molecule has 1 aromatic heterocycles. The first-order chi connectivity index (χ1) is 13.6. The summed E-state index contributed by atoms with van der Waals surface area (Å²) in [4.78, 5) is 12.2. The molecule has 144 valence electrons. The van der Waals surface area contributed by atoms with Crippen LogP contribution in [0.15, 0.2) is 58.4 Å². The van der Waals surface area contributed by atoms with E-state index in [4.69, 9.17) is 21.7 Å². The SMILES string of the molecule is COc1cccc(/C=N/n2c(=S)[nH]nc(C)c2=O)c1OCCc1ccccc1. The second-order valence-corrected chi connectivity index (χ2v) is 6.33. The monoisotopic (exact) mass is 396 g/mol. The van der Waals surface area contributed by atoms with E-state index in [2.05, 4.69) is 15.3 Å². The lowest BCUT2D eigenvalue weighted by Gasteiger charge is -2.13. The van der Waals surface area contributed by atoms with Crippen LogP contribution >= 0.6 is 12.2 Å². The molecule has 0 radical (unpaired) electrons. The van der Waals surface area contributed by atoms with E-state index in [-0.39, 0.29) is 16.0 Å². The van der Waals surface area contributed by atoms with Gasteiger partial charge in [0.15, 0.2) is 11.5 Å².